The van der Waals surface area contributed by atoms with Gasteiger partial charge in [-0.2, -0.15) is 0 Å². The number of carboxylic acid groups (broad SMARTS) is 1. The number of carboxylic acids is 1. The van der Waals surface area contributed by atoms with Gasteiger partial charge in [-0.3, -0.25) is 14.4 Å². The number of rotatable bonds is 17. The molecule has 10 heteroatoms. The molecule has 0 spiro atoms. The number of nitrogens with one attached hydrogen (secondary N) is 4. The van der Waals surface area contributed by atoms with Crippen LogP contribution in [0, 0.1) is 11.8 Å². The van der Waals surface area contributed by atoms with Gasteiger partial charge in [0.25, 0.3) is 0 Å². The molecule has 5 N–H and O–H groups in total. The molecule has 1 aliphatic heterocycles. The highest BCUT2D eigenvalue weighted by molar-refractivity contribution is 5.94. The maximum atomic E-state index is 13.8. The van der Waals surface area contributed by atoms with Crippen molar-refractivity contribution in [3.05, 3.63) is 35.9 Å². The predicted molar refractivity (Wildman–Crippen MR) is 172 cm³/mol. The summed E-state index contributed by atoms with van der Waals surface area (Å²) in [5, 5.41) is 21.8. The smallest absolute Gasteiger partial charge is 0.326 e. The van der Waals surface area contributed by atoms with Crippen LogP contribution in [0.25, 0.3) is 0 Å². The maximum absolute atomic E-state index is 13.8. The molecule has 1 aliphatic carbocycles. The Kier molecular flexibility index (Phi) is 14.1. The summed E-state index contributed by atoms with van der Waals surface area (Å²) in [5.41, 5.74) is 0.832. The summed E-state index contributed by atoms with van der Waals surface area (Å²) in [7, 11) is 2.07. The lowest BCUT2D eigenvalue weighted by Gasteiger charge is -2.26. The zero-order valence-electron chi connectivity index (χ0n) is 27.3. The summed E-state index contributed by atoms with van der Waals surface area (Å²) < 4.78 is 0. The van der Waals surface area contributed by atoms with Crippen LogP contribution in [0.3, 0.4) is 0 Å². The largest absolute Gasteiger partial charge is 0.480 e. The van der Waals surface area contributed by atoms with Gasteiger partial charge in [0.2, 0.25) is 17.7 Å². The van der Waals surface area contributed by atoms with Crippen molar-refractivity contribution in [2.24, 2.45) is 11.8 Å². The van der Waals surface area contributed by atoms with E-state index in [0.717, 1.165) is 44.2 Å². The van der Waals surface area contributed by atoms with Crippen molar-refractivity contribution in [1.82, 2.24) is 26.2 Å². The first-order valence-electron chi connectivity index (χ1n) is 16.6. The van der Waals surface area contributed by atoms with Crippen molar-refractivity contribution in [3.63, 3.8) is 0 Å². The Morgan fingerprint density at radius 3 is 2.20 bits per heavy atom. The molecule has 44 heavy (non-hydrogen) atoms. The molecule has 10 nitrogen and oxygen atoms in total. The molecular weight excluding hydrogens is 558 g/mol. The molecule has 1 saturated heterocycles. The number of hydrogen-bond donors (Lipinski definition) is 5. The van der Waals surface area contributed by atoms with E-state index in [-0.39, 0.29) is 30.7 Å². The Labute approximate surface area is 263 Å². The van der Waals surface area contributed by atoms with Gasteiger partial charge in [-0.1, -0.05) is 57.0 Å². The number of nitrogens with zero attached hydrogens (tertiary/aromatic N) is 1. The molecule has 246 valence electrons. The average Bonchev–Trinajstić information content (AvgIpc) is 3.42. The third-order valence-corrected chi connectivity index (χ3v) is 9.18. The Morgan fingerprint density at radius 1 is 0.909 bits per heavy atom. The quantitative estimate of drug-likeness (QED) is 0.170. The second kappa shape index (κ2) is 17.5. The lowest BCUT2D eigenvalue weighted by atomic mass is 9.85. The molecule has 0 unspecified atom stereocenters. The van der Waals surface area contributed by atoms with Crippen LogP contribution in [-0.2, 0) is 25.6 Å². The number of unbranched alkanes of at least 4 members (excludes halogenated alkanes) is 1. The van der Waals surface area contributed by atoms with E-state index in [2.05, 4.69) is 47.1 Å². The van der Waals surface area contributed by atoms with Gasteiger partial charge >= 0.3 is 5.97 Å². The minimum atomic E-state index is -1.11. The van der Waals surface area contributed by atoms with E-state index in [1.165, 1.54) is 12.8 Å². The molecule has 0 radical (unpaired) electrons. The molecule has 6 atom stereocenters. The number of amides is 3. The SMILES string of the molecule is CC(C)C[C@H](NC(=O)[C@H](Cc1ccccc1)NC(=O)[C@H](CCCCN(C)C(C)C)NC(=O)[C@@H]1C[C@@H]2CCCC[C@@H]2N1)C(=O)O. The van der Waals surface area contributed by atoms with Crippen LogP contribution in [-0.4, -0.2) is 83.5 Å². The predicted octanol–water partition coefficient (Wildman–Crippen LogP) is 3.25. The minimum Gasteiger partial charge on any atom is -0.480 e. The molecule has 3 amide bonds. The van der Waals surface area contributed by atoms with E-state index < -0.39 is 35.9 Å². The standard InChI is InChI=1S/C34H55N5O5/c1-22(2)19-30(34(43)44)38-32(41)28(20-24-13-7-6-8-14-24)37-31(40)27(17-11-12-18-39(5)23(3)4)36-33(42)29-21-25-15-9-10-16-26(25)35-29/h6-8,13-14,22-23,25-30,35H,9-12,15-21H2,1-5H3,(H,36,42)(H,37,40)(H,38,41)(H,43,44)/t25-,26-,27-,28-,29-,30-/m0/s1. The van der Waals surface area contributed by atoms with Crippen LogP contribution < -0.4 is 21.3 Å². The van der Waals surface area contributed by atoms with E-state index in [9.17, 15) is 24.3 Å². The topological polar surface area (TPSA) is 140 Å². The molecule has 1 heterocycles. The van der Waals surface area contributed by atoms with Gasteiger partial charge in [0.15, 0.2) is 0 Å². The first kappa shape index (κ1) is 35.5. The Hall–Kier alpha value is -2.98. The van der Waals surface area contributed by atoms with Gasteiger partial charge in [-0.15, -0.1) is 0 Å². The van der Waals surface area contributed by atoms with Crippen molar-refractivity contribution < 1.29 is 24.3 Å². The van der Waals surface area contributed by atoms with Crippen LogP contribution >= 0.6 is 0 Å². The van der Waals surface area contributed by atoms with Gasteiger partial charge in [0, 0.05) is 18.5 Å². The van der Waals surface area contributed by atoms with E-state index >= 15 is 0 Å². The molecular formula is C34H55N5O5. The lowest BCUT2D eigenvalue weighted by Crippen LogP contribution is -2.57. The second-order valence-corrected chi connectivity index (χ2v) is 13.5. The van der Waals surface area contributed by atoms with Crippen molar-refractivity contribution in [1.29, 1.82) is 0 Å². The summed E-state index contributed by atoms with van der Waals surface area (Å²) in [6.45, 7) is 8.93. The van der Waals surface area contributed by atoms with Gasteiger partial charge < -0.3 is 31.3 Å². The number of hydrogen-bond acceptors (Lipinski definition) is 6. The number of carbonyl (C=O) groups is 4. The molecule has 0 bridgehead atoms. The van der Waals surface area contributed by atoms with Crippen molar-refractivity contribution >= 4 is 23.7 Å². The molecule has 1 aromatic carbocycles. The van der Waals surface area contributed by atoms with Crippen LogP contribution in [0.2, 0.25) is 0 Å². The first-order valence-corrected chi connectivity index (χ1v) is 16.6. The van der Waals surface area contributed by atoms with Crippen molar-refractivity contribution in [2.45, 2.75) is 128 Å². The van der Waals surface area contributed by atoms with Crippen molar-refractivity contribution in [3.8, 4) is 0 Å². The molecule has 2 aliphatic rings. The number of aliphatic carboxylic acids is 1. The zero-order valence-corrected chi connectivity index (χ0v) is 27.3. The fraction of sp³-hybridized carbons (Fsp3) is 0.706. The summed E-state index contributed by atoms with van der Waals surface area (Å²) in [5.74, 6) is -1.73. The highest BCUT2D eigenvalue weighted by Gasteiger charge is 2.39. The molecule has 1 aromatic rings. The fourth-order valence-electron chi connectivity index (χ4n) is 6.33. The first-order chi connectivity index (χ1) is 20.9. The highest BCUT2D eigenvalue weighted by Crippen LogP contribution is 2.33. The zero-order chi connectivity index (χ0) is 32.2. The van der Waals surface area contributed by atoms with Gasteiger partial charge in [-0.25, -0.2) is 4.79 Å². The van der Waals surface area contributed by atoms with Crippen LogP contribution in [0.15, 0.2) is 30.3 Å². The third kappa shape index (κ3) is 11.2. The molecule has 3 rings (SSSR count). The van der Waals surface area contributed by atoms with Crippen LogP contribution in [0.1, 0.15) is 91.0 Å². The fourth-order valence-corrected chi connectivity index (χ4v) is 6.33. The molecule has 2 fully saturated rings. The average molecular weight is 614 g/mol. The maximum Gasteiger partial charge on any atom is 0.326 e. The van der Waals surface area contributed by atoms with E-state index in [0.29, 0.717) is 24.4 Å². The highest BCUT2D eigenvalue weighted by atomic mass is 16.4. The third-order valence-electron chi connectivity index (χ3n) is 9.18. The summed E-state index contributed by atoms with van der Waals surface area (Å²) in [6.07, 6.45) is 7.83. The number of carbonyl (C=O) groups excluding carboxylic acids is 3. The Morgan fingerprint density at radius 2 is 1.57 bits per heavy atom. The number of benzene rings is 1. The Bertz CT molecular complexity index is 1070. The number of fused-ring (bicyclic) bond motifs is 1. The van der Waals surface area contributed by atoms with Gasteiger partial charge in [-0.05, 0) is 89.8 Å². The summed E-state index contributed by atoms with van der Waals surface area (Å²) in [4.78, 5) is 54.9. The van der Waals surface area contributed by atoms with E-state index in [4.69, 9.17) is 0 Å². The van der Waals surface area contributed by atoms with Gasteiger partial charge in [0.05, 0.1) is 6.04 Å². The van der Waals surface area contributed by atoms with Crippen LogP contribution in [0.4, 0.5) is 0 Å². The Balaban J connectivity index is 1.74. The normalized spacial score (nSPS) is 21.9. The second-order valence-electron chi connectivity index (χ2n) is 13.5. The van der Waals surface area contributed by atoms with E-state index in [1.807, 2.05) is 44.2 Å². The van der Waals surface area contributed by atoms with Gasteiger partial charge in [0.1, 0.15) is 18.1 Å². The van der Waals surface area contributed by atoms with Crippen molar-refractivity contribution in [2.75, 3.05) is 13.6 Å². The summed E-state index contributed by atoms with van der Waals surface area (Å²) in [6, 6.07) is 6.86. The minimum absolute atomic E-state index is 0.0564. The molecule has 1 saturated carbocycles. The van der Waals surface area contributed by atoms with Crippen LogP contribution in [0.5, 0.6) is 0 Å². The molecule has 0 aromatic heterocycles. The monoisotopic (exact) mass is 613 g/mol. The van der Waals surface area contributed by atoms with E-state index in [1.54, 1.807) is 0 Å². The lowest BCUT2D eigenvalue weighted by molar-refractivity contribution is -0.142. The summed E-state index contributed by atoms with van der Waals surface area (Å²) >= 11 is 0.